The number of anilines is 2. The fourth-order valence-corrected chi connectivity index (χ4v) is 6.53. The minimum atomic E-state index is 0.110. The molecule has 1 aromatic carbocycles. The molecule has 9 nitrogen and oxygen atoms in total. The summed E-state index contributed by atoms with van der Waals surface area (Å²) in [5.41, 5.74) is 8.64. The van der Waals surface area contributed by atoms with Crippen LogP contribution in [-0.2, 0) is 0 Å². The van der Waals surface area contributed by atoms with Crippen LogP contribution in [0.25, 0.3) is 11.2 Å². The number of hydrogen-bond acceptors (Lipinski definition) is 7. The molecule has 38 heavy (non-hydrogen) atoms. The first-order valence-electron chi connectivity index (χ1n) is 14.1. The van der Waals surface area contributed by atoms with Gasteiger partial charge in [-0.2, -0.15) is 9.97 Å². The molecule has 4 N–H and O–H groups in total. The van der Waals surface area contributed by atoms with Crippen LogP contribution in [0.1, 0.15) is 80.6 Å². The van der Waals surface area contributed by atoms with Crippen LogP contribution in [0.2, 0.25) is 0 Å². The van der Waals surface area contributed by atoms with E-state index in [1.807, 2.05) is 35.5 Å². The average molecular weight is 629 g/mol. The molecule has 3 aromatic rings. The number of rotatable bonds is 6. The number of benzene rings is 1. The second-order valence-electron chi connectivity index (χ2n) is 11.1. The second kappa shape index (κ2) is 11.3. The number of carbonyl (C=O) groups is 1. The summed E-state index contributed by atoms with van der Waals surface area (Å²) in [6.07, 6.45) is 12.7. The van der Waals surface area contributed by atoms with Crippen LogP contribution in [-0.4, -0.2) is 61.5 Å². The SMILES string of the molecule is N[C@H]1CC[C@H](Nc2nc(NC3CCN(C(=O)c4ccc(I)cc4)CC3)c3ncn(C4CCCC4)c3n2)CC1. The highest BCUT2D eigenvalue weighted by Crippen LogP contribution is 2.34. The Bertz CT molecular complexity index is 1260. The third-order valence-corrected chi connectivity index (χ3v) is 9.18. The molecule has 0 spiro atoms. The first kappa shape index (κ1) is 25.8. The molecular weight excluding hydrogens is 591 g/mol. The van der Waals surface area contributed by atoms with Crippen LogP contribution in [0.5, 0.6) is 0 Å². The Morgan fingerprint density at radius 1 is 0.895 bits per heavy atom. The lowest BCUT2D eigenvalue weighted by atomic mass is 9.92. The highest BCUT2D eigenvalue weighted by atomic mass is 127. The van der Waals surface area contributed by atoms with E-state index < -0.39 is 0 Å². The standard InChI is InChI=1S/C28H37IN8O/c29-19-7-5-18(6-8-19)27(38)36-15-13-22(14-16-36)32-25-24-26(37(17-31-24)23-3-1-2-4-23)35-28(34-25)33-21-11-9-20(30)10-12-21/h5-8,17,20-23H,1-4,9-16,30H2,(H2,32,33,34,35)/t20-,21-. The summed E-state index contributed by atoms with van der Waals surface area (Å²) in [4.78, 5) is 29.6. The molecule has 0 radical (unpaired) electrons. The molecular formula is C28H37IN8O. The molecule has 2 saturated carbocycles. The van der Waals surface area contributed by atoms with E-state index >= 15 is 0 Å². The maximum absolute atomic E-state index is 13.0. The first-order valence-corrected chi connectivity index (χ1v) is 15.2. The molecule has 10 heteroatoms. The van der Waals surface area contributed by atoms with Gasteiger partial charge in [0.25, 0.3) is 5.91 Å². The fraction of sp³-hybridized carbons (Fsp3) is 0.571. The molecule has 1 aliphatic heterocycles. The highest BCUT2D eigenvalue weighted by molar-refractivity contribution is 14.1. The number of hydrogen-bond donors (Lipinski definition) is 3. The molecule has 0 atom stereocenters. The smallest absolute Gasteiger partial charge is 0.253 e. The molecule has 3 heterocycles. The van der Waals surface area contributed by atoms with Crippen LogP contribution >= 0.6 is 22.6 Å². The summed E-state index contributed by atoms with van der Waals surface area (Å²) in [5, 5.41) is 7.30. The number of nitrogens with two attached hydrogens (primary N) is 1. The summed E-state index contributed by atoms with van der Waals surface area (Å²) in [6, 6.07) is 9.15. The van der Waals surface area contributed by atoms with Gasteiger partial charge in [0.1, 0.15) is 0 Å². The highest BCUT2D eigenvalue weighted by Gasteiger charge is 2.27. The minimum absolute atomic E-state index is 0.110. The molecule has 202 valence electrons. The van der Waals surface area contributed by atoms with Crippen molar-refractivity contribution in [1.29, 1.82) is 0 Å². The van der Waals surface area contributed by atoms with Gasteiger partial charge in [-0.05, 0) is 98.2 Å². The van der Waals surface area contributed by atoms with Crippen molar-refractivity contribution in [2.24, 2.45) is 5.73 Å². The molecule has 0 bridgehead atoms. The maximum atomic E-state index is 13.0. The van der Waals surface area contributed by atoms with Crippen molar-refractivity contribution < 1.29 is 4.79 Å². The number of piperidine rings is 1. The largest absolute Gasteiger partial charge is 0.365 e. The second-order valence-corrected chi connectivity index (χ2v) is 12.4. The van der Waals surface area contributed by atoms with E-state index in [1.54, 1.807) is 0 Å². The number of halogens is 1. The summed E-state index contributed by atoms with van der Waals surface area (Å²) in [6.45, 7) is 1.45. The quantitative estimate of drug-likeness (QED) is 0.332. The van der Waals surface area contributed by atoms with Crippen LogP contribution in [0.4, 0.5) is 11.8 Å². The Hall–Kier alpha value is -2.47. The predicted octanol–water partition coefficient (Wildman–Crippen LogP) is 4.94. The van der Waals surface area contributed by atoms with Crippen molar-refractivity contribution in [2.45, 2.75) is 88.4 Å². The number of nitrogens with one attached hydrogen (secondary N) is 2. The number of aromatic nitrogens is 4. The first-order chi connectivity index (χ1) is 18.5. The third kappa shape index (κ3) is 5.61. The minimum Gasteiger partial charge on any atom is -0.365 e. The van der Waals surface area contributed by atoms with Crippen molar-refractivity contribution >= 4 is 51.4 Å². The van der Waals surface area contributed by atoms with Gasteiger partial charge in [-0.25, -0.2) is 4.98 Å². The zero-order valence-electron chi connectivity index (χ0n) is 21.8. The predicted molar refractivity (Wildman–Crippen MR) is 158 cm³/mol. The maximum Gasteiger partial charge on any atom is 0.253 e. The topological polar surface area (TPSA) is 114 Å². The summed E-state index contributed by atoms with van der Waals surface area (Å²) in [7, 11) is 0. The van der Waals surface area contributed by atoms with Gasteiger partial charge in [-0.1, -0.05) is 12.8 Å². The zero-order chi connectivity index (χ0) is 26.1. The number of nitrogens with zero attached hydrogens (tertiary/aromatic N) is 5. The van der Waals surface area contributed by atoms with E-state index in [0.29, 0.717) is 24.1 Å². The number of likely N-dealkylation sites (tertiary alicyclic amines) is 1. The summed E-state index contributed by atoms with van der Waals surface area (Å²) >= 11 is 2.26. The molecule has 6 rings (SSSR count). The normalized spacial score (nSPS) is 23.2. The van der Waals surface area contributed by atoms with Crippen molar-refractivity contribution in [1.82, 2.24) is 24.4 Å². The lowest BCUT2D eigenvalue weighted by Gasteiger charge is -2.33. The summed E-state index contributed by atoms with van der Waals surface area (Å²) < 4.78 is 3.40. The van der Waals surface area contributed by atoms with Gasteiger partial charge in [-0.3, -0.25) is 4.79 Å². The molecule has 0 unspecified atom stereocenters. The molecule has 1 amide bonds. The van der Waals surface area contributed by atoms with Gasteiger partial charge in [0.2, 0.25) is 5.95 Å². The Labute approximate surface area is 237 Å². The van der Waals surface area contributed by atoms with Crippen LogP contribution in [0, 0.1) is 3.57 Å². The number of amides is 1. The van der Waals surface area contributed by atoms with Crippen LogP contribution < -0.4 is 16.4 Å². The van der Waals surface area contributed by atoms with Crippen molar-refractivity contribution in [3.63, 3.8) is 0 Å². The van der Waals surface area contributed by atoms with E-state index in [2.05, 4.69) is 37.8 Å². The zero-order valence-corrected chi connectivity index (χ0v) is 23.9. The number of imidazole rings is 1. The van der Waals surface area contributed by atoms with E-state index in [4.69, 9.17) is 20.7 Å². The number of fused-ring (bicyclic) bond motifs is 1. The average Bonchev–Trinajstić information content (AvgIpc) is 3.61. The van der Waals surface area contributed by atoms with E-state index in [1.165, 1.54) is 25.7 Å². The Kier molecular flexibility index (Phi) is 7.69. The monoisotopic (exact) mass is 628 g/mol. The van der Waals surface area contributed by atoms with E-state index in [9.17, 15) is 4.79 Å². The Morgan fingerprint density at radius 3 is 2.29 bits per heavy atom. The van der Waals surface area contributed by atoms with Gasteiger partial charge in [0.05, 0.1) is 6.33 Å². The van der Waals surface area contributed by atoms with E-state index in [0.717, 1.165) is 77.7 Å². The molecule has 3 aliphatic rings. The molecule has 2 aliphatic carbocycles. The van der Waals surface area contributed by atoms with Gasteiger partial charge in [0.15, 0.2) is 17.0 Å². The lowest BCUT2D eigenvalue weighted by molar-refractivity contribution is 0.0718. The van der Waals surface area contributed by atoms with E-state index in [-0.39, 0.29) is 11.9 Å². The molecule has 3 fully saturated rings. The molecule has 2 aromatic heterocycles. The molecule has 1 saturated heterocycles. The van der Waals surface area contributed by atoms with Crippen molar-refractivity contribution in [3.05, 3.63) is 39.7 Å². The van der Waals surface area contributed by atoms with Gasteiger partial charge in [-0.15, -0.1) is 0 Å². The van der Waals surface area contributed by atoms with Gasteiger partial charge < -0.3 is 25.8 Å². The lowest BCUT2D eigenvalue weighted by Crippen LogP contribution is -2.42. The Morgan fingerprint density at radius 2 is 1.58 bits per heavy atom. The Balaban J connectivity index is 1.19. The third-order valence-electron chi connectivity index (χ3n) is 8.46. The van der Waals surface area contributed by atoms with Crippen molar-refractivity contribution in [2.75, 3.05) is 23.7 Å². The van der Waals surface area contributed by atoms with Gasteiger partial charge in [0, 0.05) is 46.4 Å². The van der Waals surface area contributed by atoms with Gasteiger partial charge >= 0.3 is 0 Å². The van der Waals surface area contributed by atoms with Crippen LogP contribution in [0.3, 0.4) is 0 Å². The summed E-state index contributed by atoms with van der Waals surface area (Å²) in [5.74, 6) is 1.58. The van der Waals surface area contributed by atoms with Crippen molar-refractivity contribution in [3.8, 4) is 0 Å². The van der Waals surface area contributed by atoms with Crippen LogP contribution in [0.15, 0.2) is 30.6 Å². The fourth-order valence-electron chi connectivity index (χ4n) is 6.17. The number of carbonyl (C=O) groups excluding carboxylic acids is 1.